The smallest absolute Gasteiger partial charge is 0.303 e. The SMILES string of the molecule is [CH2]C(O)C(O)CCCC(=O)O. The predicted molar refractivity (Wildman–Crippen MR) is 38.9 cm³/mol. The van der Waals surface area contributed by atoms with E-state index in [1.165, 1.54) is 0 Å². The maximum Gasteiger partial charge on any atom is 0.303 e. The first-order valence-corrected chi connectivity index (χ1v) is 3.45. The number of hydrogen-bond donors (Lipinski definition) is 3. The van der Waals surface area contributed by atoms with Crippen molar-refractivity contribution in [1.82, 2.24) is 0 Å². The van der Waals surface area contributed by atoms with Crippen LogP contribution in [-0.4, -0.2) is 33.5 Å². The first-order chi connectivity index (χ1) is 5.04. The van der Waals surface area contributed by atoms with Crippen molar-refractivity contribution >= 4 is 5.97 Å². The standard InChI is InChI=1S/C7H13O4/c1-5(8)6(9)3-2-4-7(10)11/h5-6,8-9H,1-4H2,(H,10,11). The van der Waals surface area contributed by atoms with Gasteiger partial charge in [0, 0.05) is 6.42 Å². The lowest BCUT2D eigenvalue weighted by Crippen LogP contribution is -2.22. The van der Waals surface area contributed by atoms with Gasteiger partial charge in [-0.25, -0.2) is 0 Å². The topological polar surface area (TPSA) is 77.8 Å². The van der Waals surface area contributed by atoms with Crippen molar-refractivity contribution in [3.8, 4) is 0 Å². The Labute approximate surface area is 65.5 Å². The third kappa shape index (κ3) is 5.82. The summed E-state index contributed by atoms with van der Waals surface area (Å²) in [6, 6.07) is 0. The Hall–Kier alpha value is -0.610. The van der Waals surface area contributed by atoms with E-state index in [1.54, 1.807) is 0 Å². The van der Waals surface area contributed by atoms with E-state index in [0.717, 1.165) is 0 Å². The van der Waals surface area contributed by atoms with Gasteiger partial charge in [-0.2, -0.15) is 0 Å². The maximum atomic E-state index is 9.99. The fourth-order valence-electron chi connectivity index (χ4n) is 0.655. The first kappa shape index (κ1) is 10.4. The molecule has 2 atom stereocenters. The maximum absolute atomic E-state index is 9.99. The zero-order valence-electron chi connectivity index (χ0n) is 6.23. The van der Waals surface area contributed by atoms with Crippen molar-refractivity contribution in [2.45, 2.75) is 31.5 Å². The molecular weight excluding hydrogens is 148 g/mol. The van der Waals surface area contributed by atoms with Crippen molar-refractivity contribution < 1.29 is 20.1 Å². The highest BCUT2D eigenvalue weighted by atomic mass is 16.4. The lowest BCUT2D eigenvalue weighted by Gasteiger charge is -2.11. The normalized spacial score (nSPS) is 15.9. The minimum absolute atomic E-state index is 0.0176. The van der Waals surface area contributed by atoms with Crippen LogP contribution in [0.15, 0.2) is 0 Å². The van der Waals surface area contributed by atoms with E-state index >= 15 is 0 Å². The van der Waals surface area contributed by atoms with E-state index in [4.69, 9.17) is 15.3 Å². The Morgan fingerprint density at radius 2 is 2.00 bits per heavy atom. The largest absolute Gasteiger partial charge is 0.481 e. The van der Waals surface area contributed by atoms with Gasteiger partial charge in [0.05, 0.1) is 12.2 Å². The Kier molecular flexibility index (Phi) is 4.81. The summed E-state index contributed by atoms with van der Waals surface area (Å²) in [7, 11) is 0. The highest BCUT2D eigenvalue weighted by Crippen LogP contribution is 2.03. The average molecular weight is 161 g/mol. The van der Waals surface area contributed by atoms with Crippen LogP contribution in [0.1, 0.15) is 19.3 Å². The lowest BCUT2D eigenvalue weighted by atomic mass is 10.1. The van der Waals surface area contributed by atoms with Gasteiger partial charge in [0.15, 0.2) is 0 Å². The van der Waals surface area contributed by atoms with Crippen LogP contribution in [0.25, 0.3) is 0 Å². The summed E-state index contributed by atoms with van der Waals surface area (Å²) in [5.41, 5.74) is 0. The molecule has 0 aromatic carbocycles. The monoisotopic (exact) mass is 161 g/mol. The predicted octanol–water partition coefficient (Wildman–Crippen LogP) is -0.203. The van der Waals surface area contributed by atoms with Crippen LogP contribution in [-0.2, 0) is 4.79 Å². The van der Waals surface area contributed by atoms with E-state index in [-0.39, 0.29) is 12.8 Å². The third-order valence-electron chi connectivity index (χ3n) is 1.33. The third-order valence-corrected chi connectivity index (χ3v) is 1.33. The van der Waals surface area contributed by atoms with Crippen molar-refractivity contribution in [2.24, 2.45) is 0 Å². The highest BCUT2D eigenvalue weighted by Gasteiger charge is 2.10. The molecule has 2 unspecified atom stereocenters. The number of aliphatic hydroxyl groups is 2. The van der Waals surface area contributed by atoms with Gasteiger partial charge >= 0.3 is 5.97 Å². The fraction of sp³-hybridized carbons (Fsp3) is 0.714. The molecule has 0 rings (SSSR count). The molecule has 0 amide bonds. The number of aliphatic hydroxyl groups excluding tert-OH is 2. The molecule has 4 heteroatoms. The molecule has 0 heterocycles. The molecule has 1 radical (unpaired) electrons. The Morgan fingerprint density at radius 3 is 2.36 bits per heavy atom. The van der Waals surface area contributed by atoms with Gasteiger partial charge in [0.1, 0.15) is 0 Å². The molecule has 0 aliphatic rings. The molecule has 65 valence electrons. The van der Waals surface area contributed by atoms with E-state index < -0.39 is 18.2 Å². The quantitative estimate of drug-likeness (QED) is 0.521. The van der Waals surface area contributed by atoms with Crippen LogP contribution in [0.5, 0.6) is 0 Å². The summed E-state index contributed by atoms with van der Waals surface area (Å²) < 4.78 is 0. The summed E-state index contributed by atoms with van der Waals surface area (Å²) in [6.07, 6.45) is -1.28. The van der Waals surface area contributed by atoms with E-state index in [1.807, 2.05) is 0 Å². The summed E-state index contributed by atoms with van der Waals surface area (Å²) >= 11 is 0. The molecule has 0 bridgehead atoms. The van der Waals surface area contributed by atoms with Gasteiger partial charge in [-0.05, 0) is 19.8 Å². The molecule has 0 aromatic rings. The summed E-state index contributed by atoms with van der Waals surface area (Å²) in [6.45, 7) is 3.19. The van der Waals surface area contributed by atoms with Crippen LogP contribution in [0.3, 0.4) is 0 Å². The molecule has 0 aromatic heterocycles. The number of hydrogen-bond acceptors (Lipinski definition) is 3. The van der Waals surface area contributed by atoms with Gasteiger partial charge in [0.25, 0.3) is 0 Å². The average Bonchev–Trinajstić information content (AvgIpc) is 1.86. The molecule has 0 fully saturated rings. The van der Waals surface area contributed by atoms with Crippen molar-refractivity contribution in [3.05, 3.63) is 6.92 Å². The molecule has 0 aliphatic carbocycles. The molecule has 0 saturated heterocycles. The van der Waals surface area contributed by atoms with Gasteiger partial charge < -0.3 is 15.3 Å². The van der Waals surface area contributed by atoms with Gasteiger partial charge in [-0.15, -0.1) is 0 Å². The molecule has 11 heavy (non-hydrogen) atoms. The zero-order valence-corrected chi connectivity index (χ0v) is 6.23. The fourth-order valence-corrected chi connectivity index (χ4v) is 0.655. The Bertz CT molecular complexity index is 122. The molecule has 4 nitrogen and oxygen atoms in total. The molecule has 0 spiro atoms. The summed E-state index contributed by atoms with van der Waals surface area (Å²) in [5, 5.41) is 25.8. The second kappa shape index (κ2) is 5.09. The first-order valence-electron chi connectivity index (χ1n) is 3.45. The van der Waals surface area contributed by atoms with Crippen molar-refractivity contribution in [2.75, 3.05) is 0 Å². The number of carboxylic acid groups (broad SMARTS) is 1. The number of carbonyl (C=O) groups is 1. The van der Waals surface area contributed by atoms with E-state index in [9.17, 15) is 4.79 Å². The summed E-state index contributed by atoms with van der Waals surface area (Å²) in [4.78, 5) is 9.99. The van der Waals surface area contributed by atoms with Gasteiger partial charge in [-0.3, -0.25) is 4.79 Å². The number of carboxylic acids is 1. The van der Waals surface area contributed by atoms with E-state index in [2.05, 4.69) is 6.92 Å². The van der Waals surface area contributed by atoms with Crippen molar-refractivity contribution in [3.63, 3.8) is 0 Å². The Morgan fingerprint density at radius 1 is 1.45 bits per heavy atom. The van der Waals surface area contributed by atoms with Crippen LogP contribution in [0, 0.1) is 6.92 Å². The second-order valence-corrected chi connectivity index (χ2v) is 2.42. The molecule has 3 N–H and O–H groups in total. The van der Waals surface area contributed by atoms with Crippen LogP contribution in [0.4, 0.5) is 0 Å². The van der Waals surface area contributed by atoms with E-state index in [0.29, 0.717) is 6.42 Å². The lowest BCUT2D eigenvalue weighted by molar-refractivity contribution is -0.137. The number of aliphatic carboxylic acids is 1. The molecule has 0 aliphatic heterocycles. The van der Waals surface area contributed by atoms with Crippen LogP contribution >= 0.6 is 0 Å². The highest BCUT2D eigenvalue weighted by molar-refractivity contribution is 5.66. The second-order valence-electron chi connectivity index (χ2n) is 2.42. The molecule has 0 saturated carbocycles. The Balaban J connectivity index is 3.31. The zero-order chi connectivity index (χ0) is 8.85. The van der Waals surface area contributed by atoms with Gasteiger partial charge in [-0.1, -0.05) is 0 Å². The molecular formula is C7H13O4. The number of rotatable bonds is 5. The van der Waals surface area contributed by atoms with Crippen molar-refractivity contribution in [1.29, 1.82) is 0 Å². The minimum atomic E-state index is -1.02. The van der Waals surface area contributed by atoms with Gasteiger partial charge in [0.2, 0.25) is 0 Å². The van der Waals surface area contributed by atoms with Crippen LogP contribution in [0.2, 0.25) is 0 Å². The minimum Gasteiger partial charge on any atom is -0.481 e. The van der Waals surface area contributed by atoms with Crippen LogP contribution < -0.4 is 0 Å². The summed E-state index contributed by atoms with van der Waals surface area (Å²) in [5.74, 6) is -0.893.